The summed E-state index contributed by atoms with van der Waals surface area (Å²) < 4.78 is 5.66. The van der Waals surface area contributed by atoms with Crippen molar-refractivity contribution in [1.29, 1.82) is 0 Å². The second-order valence-corrected chi connectivity index (χ2v) is 4.40. The second kappa shape index (κ2) is 6.62. The molecule has 1 unspecified atom stereocenters. The largest absolute Gasteiger partial charge is 0.493 e. The maximum Gasteiger partial charge on any atom is 0.125 e. The van der Waals surface area contributed by atoms with Crippen LogP contribution >= 0.6 is 0 Å². The fraction of sp³-hybridized carbons (Fsp3) is 0.571. The highest BCUT2D eigenvalue weighted by Crippen LogP contribution is 2.29. The first-order valence-corrected chi connectivity index (χ1v) is 6.27. The summed E-state index contributed by atoms with van der Waals surface area (Å²) in [4.78, 5) is 0. The third kappa shape index (κ3) is 4.02. The molecule has 1 rings (SSSR count). The maximum absolute atomic E-state index is 10.5. The first kappa shape index (κ1) is 14.0. The van der Waals surface area contributed by atoms with Crippen molar-refractivity contribution in [2.24, 2.45) is 0 Å². The Bertz CT molecular complexity index is 337. The standard InChI is InChI=1S/C14H23NO2/c1-4-10-17-13-9-7-6-8-12(13)14(3,16)11-15-5-2/h6-9,15-16H,4-5,10-11H2,1-3H3. The summed E-state index contributed by atoms with van der Waals surface area (Å²) in [5.74, 6) is 0.775. The molecule has 0 saturated carbocycles. The van der Waals surface area contributed by atoms with Crippen LogP contribution in [-0.4, -0.2) is 24.8 Å². The summed E-state index contributed by atoms with van der Waals surface area (Å²) in [6.45, 7) is 7.94. The number of hydrogen-bond acceptors (Lipinski definition) is 3. The lowest BCUT2D eigenvalue weighted by Gasteiger charge is -2.26. The Morgan fingerprint density at radius 3 is 2.65 bits per heavy atom. The molecule has 2 N–H and O–H groups in total. The molecule has 0 aromatic heterocycles. The predicted octanol–water partition coefficient (Wildman–Crippen LogP) is 2.29. The molecule has 0 bridgehead atoms. The van der Waals surface area contributed by atoms with Crippen molar-refractivity contribution in [3.05, 3.63) is 29.8 Å². The number of nitrogens with one attached hydrogen (secondary N) is 1. The zero-order chi connectivity index (χ0) is 12.7. The van der Waals surface area contributed by atoms with E-state index >= 15 is 0 Å². The van der Waals surface area contributed by atoms with Crippen molar-refractivity contribution < 1.29 is 9.84 Å². The first-order chi connectivity index (χ1) is 8.11. The van der Waals surface area contributed by atoms with E-state index in [1.54, 1.807) is 0 Å². The van der Waals surface area contributed by atoms with E-state index in [4.69, 9.17) is 4.74 Å². The zero-order valence-corrected chi connectivity index (χ0v) is 11.0. The highest BCUT2D eigenvalue weighted by Gasteiger charge is 2.25. The number of likely N-dealkylation sites (N-methyl/N-ethyl adjacent to an activating group) is 1. The minimum Gasteiger partial charge on any atom is -0.493 e. The van der Waals surface area contributed by atoms with Gasteiger partial charge in [0.15, 0.2) is 0 Å². The normalized spacial score (nSPS) is 14.4. The summed E-state index contributed by atoms with van der Waals surface area (Å²) in [5, 5.41) is 13.6. The molecule has 0 aliphatic rings. The Balaban J connectivity index is 2.86. The van der Waals surface area contributed by atoms with Gasteiger partial charge in [0.1, 0.15) is 11.4 Å². The molecule has 0 heterocycles. The highest BCUT2D eigenvalue weighted by atomic mass is 16.5. The van der Waals surface area contributed by atoms with Gasteiger partial charge in [-0.1, -0.05) is 32.0 Å². The summed E-state index contributed by atoms with van der Waals surface area (Å²) in [6.07, 6.45) is 0.962. The average molecular weight is 237 g/mol. The lowest BCUT2D eigenvalue weighted by atomic mass is 9.95. The molecule has 1 atom stereocenters. The van der Waals surface area contributed by atoms with Crippen molar-refractivity contribution >= 4 is 0 Å². The molecule has 0 fully saturated rings. The van der Waals surface area contributed by atoms with E-state index in [1.165, 1.54) is 0 Å². The Hall–Kier alpha value is -1.06. The molecule has 3 nitrogen and oxygen atoms in total. The van der Waals surface area contributed by atoms with Gasteiger partial charge in [0.25, 0.3) is 0 Å². The smallest absolute Gasteiger partial charge is 0.125 e. The van der Waals surface area contributed by atoms with Gasteiger partial charge in [0.05, 0.1) is 6.61 Å². The topological polar surface area (TPSA) is 41.5 Å². The van der Waals surface area contributed by atoms with Crippen LogP contribution in [0.4, 0.5) is 0 Å². The molecule has 0 radical (unpaired) electrons. The van der Waals surface area contributed by atoms with Crippen LogP contribution in [-0.2, 0) is 5.60 Å². The molecule has 96 valence electrons. The van der Waals surface area contributed by atoms with E-state index in [9.17, 15) is 5.11 Å². The number of hydrogen-bond donors (Lipinski definition) is 2. The van der Waals surface area contributed by atoms with E-state index in [0.717, 1.165) is 24.3 Å². The van der Waals surface area contributed by atoms with Crippen LogP contribution in [0, 0.1) is 0 Å². The van der Waals surface area contributed by atoms with Crippen molar-refractivity contribution in [2.75, 3.05) is 19.7 Å². The van der Waals surface area contributed by atoms with Crippen LogP contribution in [0.2, 0.25) is 0 Å². The summed E-state index contributed by atoms with van der Waals surface area (Å²) in [6, 6.07) is 7.68. The van der Waals surface area contributed by atoms with Gasteiger partial charge in [0.2, 0.25) is 0 Å². The molecule has 1 aromatic carbocycles. The predicted molar refractivity (Wildman–Crippen MR) is 70.3 cm³/mol. The highest BCUT2D eigenvalue weighted by molar-refractivity contribution is 5.37. The minimum absolute atomic E-state index is 0.524. The molecule has 0 saturated heterocycles. The van der Waals surface area contributed by atoms with Crippen LogP contribution < -0.4 is 10.1 Å². The maximum atomic E-state index is 10.5. The van der Waals surface area contributed by atoms with Crippen molar-refractivity contribution in [3.8, 4) is 5.75 Å². The summed E-state index contributed by atoms with van der Waals surface area (Å²) in [5.41, 5.74) is -0.0604. The molecule has 3 heteroatoms. The van der Waals surface area contributed by atoms with Crippen LogP contribution in [0.3, 0.4) is 0 Å². The lowest BCUT2D eigenvalue weighted by molar-refractivity contribution is 0.0542. The second-order valence-electron chi connectivity index (χ2n) is 4.40. The van der Waals surface area contributed by atoms with Gasteiger partial charge in [-0.05, 0) is 26.0 Å². The third-order valence-corrected chi connectivity index (χ3v) is 2.65. The van der Waals surface area contributed by atoms with E-state index in [-0.39, 0.29) is 0 Å². The van der Waals surface area contributed by atoms with Crippen LogP contribution in [0.5, 0.6) is 5.75 Å². The van der Waals surface area contributed by atoms with E-state index in [1.807, 2.05) is 38.1 Å². The molecule has 0 aliphatic heterocycles. The number of para-hydroxylation sites is 1. The molecule has 17 heavy (non-hydrogen) atoms. The Morgan fingerprint density at radius 2 is 2.00 bits per heavy atom. The minimum atomic E-state index is -0.902. The van der Waals surface area contributed by atoms with E-state index in [0.29, 0.717) is 13.2 Å². The zero-order valence-electron chi connectivity index (χ0n) is 11.0. The molecule has 0 amide bonds. The van der Waals surface area contributed by atoms with Gasteiger partial charge >= 0.3 is 0 Å². The van der Waals surface area contributed by atoms with Crippen LogP contribution in [0.25, 0.3) is 0 Å². The number of rotatable bonds is 7. The van der Waals surface area contributed by atoms with Crippen LogP contribution in [0.15, 0.2) is 24.3 Å². The SMILES string of the molecule is CCCOc1ccccc1C(C)(O)CNCC. The fourth-order valence-corrected chi connectivity index (χ4v) is 1.71. The van der Waals surface area contributed by atoms with Gasteiger partial charge in [-0.15, -0.1) is 0 Å². The Kier molecular flexibility index (Phi) is 5.45. The molecule has 0 aliphatic carbocycles. The third-order valence-electron chi connectivity index (χ3n) is 2.65. The molecular formula is C14H23NO2. The molecule has 0 spiro atoms. The number of aliphatic hydroxyl groups is 1. The number of ether oxygens (including phenoxy) is 1. The van der Waals surface area contributed by atoms with Gasteiger partial charge in [-0.3, -0.25) is 0 Å². The fourth-order valence-electron chi connectivity index (χ4n) is 1.71. The van der Waals surface area contributed by atoms with E-state index < -0.39 is 5.60 Å². The lowest BCUT2D eigenvalue weighted by Crippen LogP contribution is -2.35. The quantitative estimate of drug-likeness (QED) is 0.764. The van der Waals surface area contributed by atoms with Gasteiger partial charge in [-0.25, -0.2) is 0 Å². The summed E-state index contributed by atoms with van der Waals surface area (Å²) >= 11 is 0. The van der Waals surface area contributed by atoms with Gasteiger partial charge in [0, 0.05) is 12.1 Å². The Morgan fingerprint density at radius 1 is 1.29 bits per heavy atom. The first-order valence-electron chi connectivity index (χ1n) is 6.27. The molecule has 1 aromatic rings. The van der Waals surface area contributed by atoms with E-state index in [2.05, 4.69) is 12.2 Å². The van der Waals surface area contributed by atoms with Gasteiger partial charge < -0.3 is 15.2 Å². The number of benzene rings is 1. The molecular weight excluding hydrogens is 214 g/mol. The Labute approximate surface area is 104 Å². The van der Waals surface area contributed by atoms with Crippen molar-refractivity contribution in [2.45, 2.75) is 32.8 Å². The monoisotopic (exact) mass is 237 g/mol. The van der Waals surface area contributed by atoms with Crippen molar-refractivity contribution in [3.63, 3.8) is 0 Å². The van der Waals surface area contributed by atoms with Crippen molar-refractivity contribution in [1.82, 2.24) is 5.32 Å². The summed E-state index contributed by atoms with van der Waals surface area (Å²) in [7, 11) is 0. The van der Waals surface area contributed by atoms with Gasteiger partial charge in [-0.2, -0.15) is 0 Å². The van der Waals surface area contributed by atoms with Crippen LogP contribution in [0.1, 0.15) is 32.8 Å². The average Bonchev–Trinajstić information content (AvgIpc) is 2.34.